The Morgan fingerprint density at radius 3 is 2.35 bits per heavy atom. The highest BCUT2D eigenvalue weighted by Gasteiger charge is 2.06. The van der Waals surface area contributed by atoms with E-state index in [0.29, 0.717) is 23.9 Å². The number of carbonyl (C=O) groups is 2. The van der Waals surface area contributed by atoms with Crippen molar-refractivity contribution >= 4 is 23.4 Å². The van der Waals surface area contributed by atoms with Gasteiger partial charge in [-0.1, -0.05) is 37.6 Å². The summed E-state index contributed by atoms with van der Waals surface area (Å²) in [7, 11) is 0. The summed E-state index contributed by atoms with van der Waals surface area (Å²) in [5.41, 5.74) is 1.11. The average Bonchev–Trinajstić information content (AvgIpc) is 2.38. The zero-order valence-electron chi connectivity index (χ0n) is 11.9. The van der Waals surface area contributed by atoms with Crippen LogP contribution in [0.1, 0.15) is 25.8 Å². The summed E-state index contributed by atoms with van der Waals surface area (Å²) in [6, 6.07) is 7.51. The molecule has 0 spiro atoms. The van der Waals surface area contributed by atoms with E-state index in [9.17, 15) is 9.59 Å². The van der Waals surface area contributed by atoms with E-state index >= 15 is 0 Å². The number of rotatable bonds is 7. The Kier molecular flexibility index (Phi) is 7.09. The first-order valence-electron chi connectivity index (χ1n) is 6.75. The van der Waals surface area contributed by atoms with Gasteiger partial charge in [-0.25, -0.2) is 0 Å². The van der Waals surface area contributed by atoms with Crippen molar-refractivity contribution in [2.45, 2.75) is 26.7 Å². The molecule has 110 valence electrons. The van der Waals surface area contributed by atoms with Crippen molar-refractivity contribution < 1.29 is 9.59 Å². The molecule has 0 aliphatic carbocycles. The van der Waals surface area contributed by atoms with Gasteiger partial charge < -0.3 is 10.6 Å². The van der Waals surface area contributed by atoms with Gasteiger partial charge in [0.2, 0.25) is 11.8 Å². The van der Waals surface area contributed by atoms with Crippen LogP contribution in [0.3, 0.4) is 0 Å². The molecule has 0 bridgehead atoms. The van der Waals surface area contributed by atoms with Crippen molar-refractivity contribution in [1.29, 1.82) is 0 Å². The van der Waals surface area contributed by atoms with Gasteiger partial charge in [-0.05, 0) is 30.0 Å². The van der Waals surface area contributed by atoms with Crippen LogP contribution in [0.2, 0.25) is 5.02 Å². The van der Waals surface area contributed by atoms with E-state index in [-0.39, 0.29) is 18.4 Å². The van der Waals surface area contributed by atoms with Crippen LogP contribution in [-0.4, -0.2) is 24.9 Å². The number of benzene rings is 1. The Labute approximate surface area is 124 Å². The quantitative estimate of drug-likeness (QED) is 0.810. The topological polar surface area (TPSA) is 58.2 Å². The van der Waals surface area contributed by atoms with E-state index in [1.807, 2.05) is 38.1 Å². The molecule has 1 aromatic rings. The second-order valence-electron chi connectivity index (χ2n) is 5.10. The first-order valence-corrected chi connectivity index (χ1v) is 7.13. The average molecular weight is 297 g/mol. The monoisotopic (exact) mass is 296 g/mol. The van der Waals surface area contributed by atoms with Gasteiger partial charge in [-0.3, -0.25) is 9.59 Å². The molecule has 1 aromatic carbocycles. The van der Waals surface area contributed by atoms with Gasteiger partial charge in [0, 0.05) is 18.0 Å². The molecule has 0 fully saturated rings. The van der Waals surface area contributed by atoms with Gasteiger partial charge in [0.05, 0.1) is 6.54 Å². The number of nitrogens with one attached hydrogen (secondary N) is 2. The molecule has 0 saturated heterocycles. The Morgan fingerprint density at radius 2 is 1.75 bits per heavy atom. The highest BCUT2D eigenvalue weighted by Crippen LogP contribution is 2.09. The molecule has 1 rings (SSSR count). The minimum absolute atomic E-state index is 0.0339. The predicted molar refractivity (Wildman–Crippen MR) is 80.6 cm³/mol. The van der Waals surface area contributed by atoms with Crippen LogP contribution in [0.15, 0.2) is 24.3 Å². The molecule has 0 heterocycles. The van der Waals surface area contributed by atoms with Crippen molar-refractivity contribution in [3.8, 4) is 0 Å². The summed E-state index contributed by atoms with van der Waals surface area (Å²) >= 11 is 5.79. The van der Waals surface area contributed by atoms with Crippen LogP contribution in [0.5, 0.6) is 0 Å². The van der Waals surface area contributed by atoms with Crippen LogP contribution in [0.25, 0.3) is 0 Å². The number of hydrogen-bond donors (Lipinski definition) is 2. The standard InChI is InChI=1S/C15H21ClN2O2/c1-11(2)9-14(19)18-10-15(20)17-8-7-12-3-5-13(16)6-4-12/h3-6,11H,7-10H2,1-2H3,(H,17,20)(H,18,19). The zero-order valence-corrected chi connectivity index (χ0v) is 12.7. The van der Waals surface area contributed by atoms with E-state index in [1.54, 1.807) is 0 Å². The molecule has 0 atom stereocenters. The first-order chi connectivity index (χ1) is 9.47. The van der Waals surface area contributed by atoms with Crippen molar-refractivity contribution in [3.63, 3.8) is 0 Å². The van der Waals surface area contributed by atoms with E-state index in [2.05, 4.69) is 10.6 Å². The fourth-order valence-electron chi connectivity index (χ4n) is 1.68. The molecule has 0 saturated carbocycles. The molecule has 2 amide bonds. The van der Waals surface area contributed by atoms with E-state index in [4.69, 9.17) is 11.6 Å². The van der Waals surface area contributed by atoms with Crippen LogP contribution in [0, 0.1) is 5.92 Å². The summed E-state index contributed by atoms with van der Waals surface area (Å²) in [6.45, 7) is 4.50. The van der Waals surface area contributed by atoms with Gasteiger partial charge in [-0.15, -0.1) is 0 Å². The van der Waals surface area contributed by atoms with Crippen molar-refractivity contribution in [1.82, 2.24) is 10.6 Å². The maximum atomic E-state index is 11.5. The third kappa shape index (κ3) is 7.14. The largest absolute Gasteiger partial charge is 0.354 e. The Hall–Kier alpha value is -1.55. The number of hydrogen-bond acceptors (Lipinski definition) is 2. The van der Waals surface area contributed by atoms with Gasteiger partial charge in [-0.2, -0.15) is 0 Å². The van der Waals surface area contributed by atoms with Crippen molar-refractivity contribution in [2.24, 2.45) is 5.92 Å². The fourth-order valence-corrected chi connectivity index (χ4v) is 1.81. The lowest BCUT2D eigenvalue weighted by Crippen LogP contribution is -2.38. The molecule has 4 nitrogen and oxygen atoms in total. The van der Waals surface area contributed by atoms with Gasteiger partial charge in [0.15, 0.2) is 0 Å². The lowest BCUT2D eigenvalue weighted by molar-refractivity contribution is -0.126. The molecule has 2 N–H and O–H groups in total. The summed E-state index contributed by atoms with van der Waals surface area (Å²) in [5.74, 6) is 0.0342. The number of halogens is 1. The summed E-state index contributed by atoms with van der Waals surface area (Å²) in [5, 5.41) is 6.07. The van der Waals surface area contributed by atoms with E-state index in [0.717, 1.165) is 12.0 Å². The van der Waals surface area contributed by atoms with Crippen LogP contribution >= 0.6 is 11.6 Å². The molecule has 0 aliphatic rings. The SMILES string of the molecule is CC(C)CC(=O)NCC(=O)NCCc1ccc(Cl)cc1. The molecular formula is C15H21ClN2O2. The highest BCUT2D eigenvalue weighted by molar-refractivity contribution is 6.30. The third-order valence-corrected chi connectivity index (χ3v) is 2.94. The molecule has 20 heavy (non-hydrogen) atoms. The van der Waals surface area contributed by atoms with Gasteiger partial charge >= 0.3 is 0 Å². The summed E-state index contributed by atoms with van der Waals surface area (Å²) in [6.07, 6.45) is 1.18. The number of amides is 2. The summed E-state index contributed by atoms with van der Waals surface area (Å²) < 4.78 is 0. The maximum absolute atomic E-state index is 11.5. The lowest BCUT2D eigenvalue weighted by Gasteiger charge is -2.08. The van der Waals surface area contributed by atoms with Crippen LogP contribution < -0.4 is 10.6 Å². The predicted octanol–water partition coefficient (Wildman–Crippen LogP) is 2.16. The highest BCUT2D eigenvalue weighted by atomic mass is 35.5. The van der Waals surface area contributed by atoms with Gasteiger partial charge in [0.1, 0.15) is 0 Å². The van der Waals surface area contributed by atoms with Crippen molar-refractivity contribution in [2.75, 3.05) is 13.1 Å². The minimum Gasteiger partial charge on any atom is -0.354 e. The second-order valence-corrected chi connectivity index (χ2v) is 5.54. The molecule has 0 radical (unpaired) electrons. The minimum atomic E-state index is -0.170. The number of carbonyl (C=O) groups excluding carboxylic acids is 2. The van der Waals surface area contributed by atoms with E-state index in [1.165, 1.54) is 0 Å². The van der Waals surface area contributed by atoms with Crippen molar-refractivity contribution in [3.05, 3.63) is 34.9 Å². The smallest absolute Gasteiger partial charge is 0.239 e. The fraction of sp³-hybridized carbons (Fsp3) is 0.467. The van der Waals surface area contributed by atoms with E-state index < -0.39 is 0 Å². The third-order valence-electron chi connectivity index (χ3n) is 2.69. The maximum Gasteiger partial charge on any atom is 0.239 e. The lowest BCUT2D eigenvalue weighted by atomic mass is 10.1. The zero-order chi connectivity index (χ0) is 15.0. The molecule has 0 unspecified atom stereocenters. The first kappa shape index (κ1) is 16.5. The van der Waals surface area contributed by atoms with Crippen LogP contribution in [0.4, 0.5) is 0 Å². The molecular weight excluding hydrogens is 276 g/mol. The molecule has 0 aliphatic heterocycles. The summed E-state index contributed by atoms with van der Waals surface area (Å²) in [4.78, 5) is 22.9. The molecule has 0 aromatic heterocycles. The second kappa shape index (κ2) is 8.59. The Balaban J connectivity index is 2.17. The van der Waals surface area contributed by atoms with Crippen LogP contribution in [-0.2, 0) is 16.0 Å². The van der Waals surface area contributed by atoms with Gasteiger partial charge in [0.25, 0.3) is 0 Å². The molecule has 5 heteroatoms. The Morgan fingerprint density at radius 1 is 1.10 bits per heavy atom. The normalized spacial score (nSPS) is 10.4. The Bertz CT molecular complexity index is 444.